The molecule has 0 aliphatic carbocycles. The van der Waals surface area contributed by atoms with Gasteiger partial charge in [-0.3, -0.25) is 9.59 Å². The number of ether oxygens (including phenoxy) is 1. The number of carbonyl (C=O) groups excluding carboxylic acids is 1. The van der Waals surface area contributed by atoms with Crippen LogP contribution in [0.1, 0.15) is 35.7 Å². The number of aryl methyl sites for hydroxylation is 1. The summed E-state index contributed by atoms with van der Waals surface area (Å²) in [6.07, 6.45) is 3.08. The van der Waals surface area contributed by atoms with Crippen LogP contribution in [0, 0.1) is 11.6 Å². The number of nitrogens with zero attached hydrogens (tertiary/aromatic N) is 2. The van der Waals surface area contributed by atoms with Crippen LogP contribution in [0.2, 0.25) is 0 Å². The minimum Gasteiger partial charge on any atom is -0.378 e. The van der Waals surface area contributed by atoms with E-state index in [0.29, 0.717) is 32.8 Å². The lowest BCUT2D eigenvalue weighted by atomic mass is 10.1. The monoisotopic (exact) mass is 455 g/mol. The van der Waals surface area contributed by atoms with Crippen LogP contribution in [0.15, 0.2) is 47.4 Å². The second-order valence-electron chi connectivity index (χ2n) is 8.10. The average molecular weight is 456 g/mol. The SMILES string of the molecule is CCCCn1cc(C(=O)NCc2ccccc2)c(=O)c2c(F)c(F)c(N3CCOCC3)cc21. The molecule has 1 fully saturated rings. The number of hydrogen-bond donors (Lipinski definition) is 1. The smallest absolute Gasteiger partial charge is 0.257 e. The van der Waals surface area contributed by atoms with Gasteiger partial charge < -0.3 is 19.5 Å². The van der Waals surface area contributed by atoms with Gasteiger partial charge in [-0.25, -0.2) is 8.78 Å². The number of rotatable bonds is 7. The highest BCUT2D eigenvalue weighted by atomic mass is 19.2. The third-order valence-electron chi connectivity index (χ3n) is 5.88. The fourth-order valence-electron chi connectivity index (χ4n) is 4.04. The molecule has 0 atom stereocenters. The number of carbonyl (C=O) groups is 1. The molecule has 1 aromatic heterocycles. The lowest BCUT2D eigenvalue weighted by Crippen LogP contribution is -2.37. The Kier molecular flexibility index (Phi) is 7.03. The van der Waals surface area contributed by atoms with E-state index in [4.69, 9.17) is 4.74 Å². The molecule has 1 amide bonds. The first-order valence-electron chi connectivity index (χ1n) is 11.2. The largest absolute Gasteiger partial charge is 0.378 e. The number of hydrogen-bond acceptors (Lipinski definition) is 4. The van der Waals surface area contributed by atoms with Gasteiger partial charge in [-0.05, 0) is 18.1 Å². The number of fused-ring (bicyclic) bond motifs is 1. The van der Waals surface area contributed by atoms with Crippen molar-refractivity contribution in [3.8, 4) is 0 Å². The predicted molar refractivity (Wildman–Crippen MR) is 124 cm³/mol. The van der Waals surface area contributed by atoms with Crippen LogP contribution >= 0.6 is 0 Å². The first-order chi connectivity index (χ1) is 16.0. The van der Waals surface area contributed by atoms with Gasteiger partial charge in [0.05, 0.1) is 29.8 Å². The summed E-state index contributed by atoms with van der Waals surface area (Å²) in [6, 6.07) is 10.8. The molecule has 1 aliphatic rings. The van der Waals surface area contributed by atoms with Crippen LogP contribution in [-0.4, -0.2) is 36.8 Å². The van der Waals surface area contributed by atoms with E-state index < -0.39 is 28.4 Å². The van der Waals surface area contributed by atoms with Gasteiger partial charge in [-0.1, -0.05) is 43.7 Å². The van der Waals surface area contributed by atoms with Crippen LogP contribution in [0.4, 0.5) is 14.5 Å². The highest BCUT2D eigenvalue weighted by Crippen LogP contribution is 2.29. The summed E-state index contributed by atoms with van der Waals surface area (Å²) in [5, 5.41) is 2.32. The number of pyridine rings is 1. The van der Waals surface area contributed by atoms with Crippen molar-refractivity contribution < 1.29 is 18.3 Å². The van der Waals surface area contributed by atoms with Crippen LogP contribution in [-0.2, 0) is 17.8 Å². The Labute approximate surface area is 190 Å². The van der Waals surface area contributed by atoms with Gasteiger partial charge in [0, 0.05) is 32.4 Å². The molecule has 1 N–H and O–H groups in total. The number of unbranched alkanes of at least 4 members (excludes halogenated alkanes) is 1. The van der Waals surface area contributed by atoms with Gasteiger partial charge in [0.15, 0.2) is 11.6 Å². The number of morpholine rings is 1. The number of nitrogens with one attached hydrogen (secondary N) is 1. The van der Waals surface area contributed by atoms with Gasteiger partial charge in [-0.2, -0.15) is 0 Å². The van der Waals surface area contributed by atoms with Crippen molar-refractivity contribution in [2.24, 2.45) is 0 Å². The molecule has 174 valence electrons. The van der Waals surface area contributed by atoms with E-state index in [1.165, 1.54) is 12.3 Å². The summed E-state index contributed by atoms with van der Waals surface area (Å²) in [6.45, 7) is 4.41. The molecular formula is C25H27F2N3O3. The van der Waals surface area contributed by atoms with Crippen molar-refractivity contribution in [3.63, 3.8) is 0 Å². The van der Waals surface area contributed by atoms with Gasteiger partial charge in [0.2, 0.25) is 5.43 Å². The van der Waals surface area contributed by atoms with Crippen molar-refractivity contribution in [2.75, 3.05) is 31.2 Å². The fourth-order valence-corrected chi connectivity index (χ4v) is 4.04. The molecule has 2 aromatic carbocycles. The Hall–Kier alpha value is -3.26. The summed E-state index contributed by atoms with van der Waals surface area (Å²) in [4.78, 5) is 27.7. The van der Waals surface area contributed by atoms with E-state index in [2.05, 4.69) is 5.32 Å². The first kappa shape index (κ1) is 22.9. The van der Waals surface area contributed by atoms with E-state index in [-0.39, 0.29) is 23.3 Å². The molecule has 0 bridgehead atoms. The molecule has 0 radical (unpaired) electrons. The Morgan fingerprint density at radius 1 is 1.12 bits per heavy atom. The Bertz CT molecular complexity index is 1210. The lowest BCUT2D eigenvalue weighted by molar-refractivity contribution is 0.0949. The highest BCUT2D eigenvalue weighted by molar-refractivity contribution is 5.98. The van der Waals surface area contributed by atoms with Gasteiger partial charge in [0.1, 0.15) is 5.56 Å². The van der Waals surface area contributed by atoms with E-state index >= 15 is 8.78 Å². The molecule has 33 heavy (non-hydrogen) atoms. The topological polar surface area (TPSA) is 63.6 Å². The Balaban J connectivity index is 1.78. The Morgan fingerprint density at radius 3 is 2.55 bits per heavy atom. The molecule has 0 saturated carbocycles. The quantitative estimate of drug-likeness (QED) is 0.588. The maximum atomic E-state index is 15.3. The summed E-state index contributed by atoms with van der Waals surface area (Å²) in [7, 11) is 0. The van der Waals surface area contributed by atoms with Crippen molar-refractivity contribution in [1.29, 1.82) is 0 Å². The van der Waals surface area contributed by atoms with Crippen molar-refractivity contribution in [2.45, 2.75) is 32.9 Å². The van der Waals surface area contributed by atoms with Crippen LogP contribution in [0.3, 0.4) is 0 Å². The molecule has 6 nitrogen and oxygen atoms in total. The standard InChI is InChI=1S/C25H27F2N3O3/c1-2-3-9-30-16-18(25(32)28-15-17-7-5-4-6-8-17)24(31)21-19(30)14-20(22(26)23(21)27)29-10-12-33-13-11-29/h4-8,14,16H,2-3,9-13,15H2,1H3,(H,28,32). The average Bonchev–Trinajstić information content (AvgIpc) is 2.85. The fraction of sp³-hybridized carbons (Fsp3) is 0.360. The molecular weight excluding hydrogens is 428 g/mol. The Morgan fingerprint density at radius 2 is 1.85 bits per heavy atom. The van der Waals surface area contributed by atoms with Crippen molar-refractivity contribution >= 4 is 22.5 Å². The number of benzene rings is 2. The molecule has 2 heterocycles. The molecule has 4 rings (SSSR count). The number of anilines is 1. The van der Waals surface area contributed by atoms with Crippen molar-refractivity contribution in [3.05, 3.63) is 75.6 Å². The summed E-state index contributed by atoms with van der Waals surface area (Å²) in [5.74, 6) is -2.92. The zero-order valence-electron chi connectivity index (χ0n) is 18.6. The predicted octanol–water partition coefficient (Wildman–Crippen LogP) is 3.85. The van der Waals surface area contributed by atoms with Crippen LogP contribution < -0.4 is 15.6 Å². The molecule has 1 saturated heterocycles. The first-order valence-corrected chi connectivity index (χ1v) is 11.2. The summed E-state index contributed by atoms with van der Waals surface area (Å²) in [5.41, 5.74) is 0.244. The molecule has 1 aliphatic heterocycles. The highest BCUT2D eigenvalue weighted by Gasteiger charge is 2.25. The van der Waals surface area contributed by atoms with Gasteiger partial charge in [0.25, 0.3) is 5.91 Å². The maximum Gasteiger partial charge on any atom is 0.257 e. The zero-order chi connectivity index (χ0) is 23.4. The zero-order valence-corrected chi connectivity index (χ0v) is 18.6. The molecule has 0 unspecified atom stereocenters. The van der Waals surface area contributed by atoms with E-state index in [1.807, 2.05) is 37.3 Å². The van der Waals surface area contributed by atoms with Gasteiger partial charge in [-0.15, -0.1) is 0 Å². The van der Waals surface area contributed by atoms with Gasteiger partial charge >= 0.3 is 0 Å². The second kappa shape index (κ2) is 10.1. The molecule has 8 heteroatoms. The number of aromatic nitrogens is 1. The van der Waals surface area contributed by atoms with E-state index in [0.717, 1.165) is 18.4 Å². The third-order valence-corrected chi connectivity index (χ3v) is 5.88. The summed E-state index contributed by atoms with van der Waals surface area (Å²) < 4.78 is 37.4. The minimum absolute atomic E-state index is 0.106. The summed E-state index contributed by atoms with van der Waals surface area (Å²) >= 11 is 0. The lowest BCUT2D eigenvalue weighted by Gasteiger charge is -2.29. The van der Waals surface area contributed by atoms with Crippen LogP contribution in [0.25, 0.3) is 10.9 Å². The van der Waals surface area contributed by atoms with Crippen LogP contribution in [0.5, 0.6) is 0 Å². The normalized spacial score (nSPS) is 14.0. The minimum atomic E-state index is -1.22. The van der Waals surface area contributed by atoms with E-state index in [9.17, 15) is 9.59 Å². The number of amides is 1. The second-order valence-corrected chi connectivity index (χ2v) is 8.10. The number of halogens is 2. The molecule has 3 aromatic rings. The van der Waals surface area contributed by atoms with E-state index in [1.54, 1.807) is 9.47 Å². The maximum absolute atomic E-state index is 15.3. The third kappa shape index (κ3) is 4.75. The molecule has 0 spiro atoms. The van der Waals surface area contributed by atoms with Crippen molar-refractivity contribution in [1.82, 2.24) is 9.88 Å².